The molecule has 0 atom stereocenters. The lowest BCUT2D eigenvalue weighted by molar-refractivity contribution is 0.924. The Kier molecular flexibility index (Phi) is 3.91. The maximum atomic E-state index is 6.04. The highest BCUT2D eigenvalue weighted by Gasteiger charge is 2.28. The smallest absolute Gasteiger partial charge is 0.139 e. The number of rotatable bonds is 4. The minimum absolute atomic E-state index is 0.487. The van der Waals surface area contributed by atoms with Crippen LogP contribution in [0.2, 0.25) is 10.0 Å². The summed E-state index contributed by atoms with van der Waals surface area (Å²) in [6.07, 6.45) is 2.32. The minimum Gasteiger partial charge on any atom is -0.373 e. The van der Waals surface area contributed by atoms with Gasteiger partial charge >= 0.3 is 0 Å². The average molecular weight is 323 g/mol. The van der Waals surface area contributed by atoms with Crippen molar-refractivity contribution in [2.45, 2.75) is 25.7 Å². The summed E-state index contributed by atoms with van der Waals surface area (Å²) in [5.74, 6) is 3.01. The maximum absolute atomic E-state index is 6.04. The van der Waals surface area contributed by atoms with Gasteiger partial charge in [0.05, 0.1) is 0 Å². The standard InChI is InChI=1S/C15H16Cl2N4/c1-8-13(18-2)20-15(9-3-4-9)21-14(8)19-12-6-10(16)5-11(17)7-12/h5-7,9H,3-4H2,1-2H3,(H2,18,19,20,21). The van der Waals surface area contributed by atoms with E-state index in [0.717, 1.165) is 41.6 Å². The van der Waals surface area contributed by atoms with Gasteiger partial charge in [-0.2, -0.15) is 0 Å². The van der Waals surface area contributed by atoms with Gasteiger partial charge in [-0.05, 0) is 38.0 Å². The van der Waals surface area contributed by atoms with Gasteiger partial charge in [0.15, 0.2) is 0 Å². The minimum atomic E-state index is 0.487. The van der Waals surface area contributed by atoms with Gasteiger partial charge in [-0.3, -0.25) is 0 Å². The molecule has 0 unspecified atom stereocenters. The van der Waals surface area contributed by atoms with Gasteiger partial charge in [0.25, 0.3) is 0 Å². The van der Waals surface area contributed by atoms with Gasteiger partial charge in [0.1, 0.15) is 17.5 Å². The molecule has 4 nitrogen and oxygen atoms in total. The molecule has 0 aliphatic heterocycles. The Morgan fingerprint density at radius 2 is 1.67 bits per heavy atom. The molecule has 1 aromatic heterocycles. The zero-order valence-corrected chi connectivity index (χ0v) is 13.4. The molecule has 1 heterocycles. The molecule has 0 radical (unpaired) electrons. The second-order valence-electron chi connectivity index (χ2n) is 5.21. The van der Waals surface area contributed by atoms with Crippen LogP contribution < -0.4 is 10.6 Å². The molecule has 110 valence electrons. The molecule has 21 heavy (non-hydrogen) atoms. The summed E-state index contributed by atoms with van der Waals surface area (Å²) < 4.78 is 0. The van der Waals surface area contributed by atoms with Gasteiger partial charge in [0, 0.05) is 34.3 Å². The molecule has 1 saturated carbocycles. The number of hydrogen-bond donors (Lipinski definition) is 2. The molecule has 0 bridgehead atoms. The van der Waals surface area contributed by atoms with E-state index in [9.17, 15) is 0 Å². The summed E-state index contributed by atoms with van der Waals surface area (Å²) in [6.45, 7) is 1.98. The number of nitrogens with one attached hydrogen (secondary N) is 2. The van der Waals surface area contributed by atoms with Crippen LogP contribution in [0.15, 0.2) is 18.2 Å². The summed E-state index contributed by atoms with van der Waals surface area (Å²) in [6, 6.07) is 5.35. The molecular weight excluding hydrogens is 307 g/mol. The van der Waals surface area contributed by atoms with Crippen LogP contribution in [0.4, 0.5) is 17.3 Å². The lowest BCUT2D eigenvalue weighted by Gasteiger charge is -2.14. The van der Waals surface area contributed by atoms with Crippen molar-refractivity contribution in [3.8, 4) is 0 Å². The number of benzene rings is 1. The number of aromatic nitrogens is 2. The van der Waals surface area contributed by atoms with Crippen LogP contribution in [0.5, 0.6) is 0 Å². The molecule has 1 aliphatic rings. The number of halogens is 2. The van der Waals surface area contributed by atoms with E-state index in [-0.39, 0.29) is 0 Å². The summed E-state index contributed by atoms with van der Waals surface area (Å²) in [7, 11) is 1.87. The molecular formula is C15H16Cl2N4. The van der Waals surface area contributed by atoms with Crippen LogP contribution in [-0.4, -0.2) is 17.0 Å². The third-order valence-corrected chi connectivity index (χ3v) is 3.90. The third kappa shape index (κ3) is 3.22. The van der Waals surface area contributed by atoms with E-state index >= 15 is 0 Å². The second-order valence-corrected chi connectivity index (χ2v) is 6.08. The summed E-state index contributed by atoms with van der Waals surface area (Å²) in [5.41, 5.74) is 1.79. The molecule has 1 aliphatic carbocycles. The van der Waals surface area contributed by atoms with E-state index in [1.54, 1.807) is 6.07 Å². The molecule has 0 amide bonds. The van der Waals surface area contributed by atoms with Crippen molar-refractivity contribution in [1.82, 2.24) is 9.97 Å². The second kappa shape index (κ2) is 5.70. The molecule has 3 rings (SSSR count). The Balaban J connectivity index is 1.98. The highest BCUT2D eigenvalue weighted by Crippen LogP contribution is 2.40. The zero-order chi connectivity index (χ0) is 15.0. The number of hydrogen-bond acceptors (Lipinski definition) is 4. The normalized spacial score (nSPS) is 14.1. The van der Waals surface area contributed by atoms with Gasteiger partial charge in [-0.25, -0.2) is 9.97 Å². The quantitative estimate of drug-likeness (QED) is 0.852. The van der Waals surface area contributed by atoms with Crippen LogP contribution in [0.1, 0.15) is 30.1 Å². The number of nitrogens with zero attached hydrogens (tertiary/aromatic N) is 2. The summed E-state index contributed by atoms with van der Waals surface area (Å²) in [4.78, 5) is 9.22. The van der Waals surface area contributed by atoms with Crippen LogP contribution in [0.25, 0.3) is 0 Å². The van der Waals surface area contributed by atoms with E-state index in [0.29, 0.717) is 16.0 Å². The van der Waals surface area contributed by atoms with E-state index in [4.69, 9.17) is 23.2 Å². The van der Waals surface area contributed by atoms with Crippen molar-refractivity contribution in [2.24, 2.45) is 0 Å². The first-order valence-corrected chi connectivity index (χ1v) is 7.62. The van der Waals surface area contributed by atoms with Crippen molar-refractivity contribution in [3.05, 3.63) is 39.6 Å². The molecule has 6 heteroatoms. The van der Waals surface area contributed by atoms with E-state index in [1.807, 2.05) is 26.1 Å². The lowest BCUT2D eigenvalue weighted by atomic mass is 10.2. The van der Waals surface area contributed by atoms with Crippen LogP contribution >= 0.6 is 23.2 Å². The Hall–Kier alpha value is -1.52. The van der Waals surface area contributed by atoms with Crippen molar-refractivity contribution in [3.63, 3.8) is 0 Å². The molecule has 2 aromatic rings. The molecule has 1 aromatic carbocycles. The SMILES string of the molecule is CNc1nc(C2CC2)nc(Nc2cc(Cl)cc(Cl)c2)c1C. The fraction of sp³-hybridized carbons (Fsp3) is 0.333. The van der Waals surface area contributed by atoms with Crippen LogP contribution in [-0.2, 0) is 0 Å². The van der Waals surface area contributed by atoms with Crippen LogP contribution in [0.3, 0.4) is 0 Å². The first kappa shape index (κ1) is 14.4. The predicted octanol–water partition coefficient (Wildman–Crippen LogP) is 4.75. The fourth-order valence-electron chi connectivity index (χ4n) is 2.19. The molecule has 0 saturated heterocycles. The first-order valence-electron chi connectivity index (χ1n) is 6.86. The summed E-state index contributed by atoms with van der Waals surface area (Å²) >= 11 is 12.1. The number of anilines is 3. The van der Waals surface area contributed by atoms with Crippen LogP contribution in [0, 0.1) is 6.92 Å². The van der Waals surface area contributed by atoms with E-state index in [2.05, 4.69) is 20.6 Å². The first-order chi connectivity index (χ1) is 10.1. The molecule has 1 fully saturated rings. The zero-order valence-electron chi connectivity index (χ0n) is 11.9. The highest BCUT2D eigenvalue weighted by molar-refractivity contribution is 6.35. The monoisotopic (exact) mass is 322 g/mol. The van der Waals surface area contributed by atoms with E-state index < -0.39 is 0 Å². The van der Waals surface area contributed by atoms with E-state index in [1.165, 1.54) is 0 Å². The van der Waals surface area contributed by atoms with Gasteiger partial charge in [0.2, 0.25) is 0 Å². The van der Waals surface area contributed by atoms with Gasteiger partial charge < -0.3 is 10.6 Å². The Morgan fingerprint density at radius 3 is 2.24 bits per heavy atom. The molecule has 0 spiro atoms. The van der Waals surface area contributed by atoms with Crippen molar-refractivity contribution < 1.29 is 0 Å². The lowest BCUT2D eigenvalue weighted by Crippen LogP contribution is -2.06. The van der Waals surface area contributed by atoms with Crippen molar-refractivity contribution >= 4 is 40.5 Å². The van der Waals surface area contributed by atoms with Gasteiger partial charge in [-0.15, -0.1) is 0 Å². The largest absolute Gasteiger partial charge is 0.373 e. The molecule has 2 N–H and O–H groups in total. The van der Waals surface area contributed by atoms with Crippen molar-refractivity contribution in [1.29, 1.82) is 0 Å². The van der Waals surface area contributed by atoms with Gasteiger partial charge in [-0.1, -0.05) is 23.2 Å². The van der Waals surface area contributed by atoms with Crippen molar-refractivity contribution in [2.75, 3.05) is 17.7 Å². The Morgan fingerprint density at radius 1 is 1.05 bits per heavy atom. The fourth-order valence-corrected chi connectivity index (χ4v) is 2.71. The Labute approximate surface area is 133 Å². The maximum Gasteiger partial charge on any atom is 0.139 e. The summed E-state index contributed by atoms with van der Waals surface area (Å²) in [5, 5.41) is 7.60. The topological polar surface area (TPSA) is 49.8 Å². The Bertz CT molecular complexity index is 663. The highest BCUT2D eigenvalue weighted by atomic mass is 35.5. The predicted molar refractivity (Wildman–Crippen MR) is 88.0 cm³/mol. The third-order valence-electron chi connectivity index (χ3n) is 3.47. The average Bonchev–Trinajstić information content (AvgIpc) is 3.24.